The summed E-state index contributed by atoms with van der Waals surface area (Å²) in [6.07, 6.45) is 3.06. The zero-order valence-corrected chi connectivity index (χ0v) is 18.9. The van der Waals surface area contributed by atoms with E-state index in [0.717, 1.165) is 11.1 Å². The third-order valence-corrected chi connectivity index (χ3v) is 4.58. The van der Waals surface area contributed by atoms with Gasteiger partial charge in [-0.05, 0) is 62.7 Å². The molecule has 0 aliphatic heterocycles. The third kappa shape index (κ3) is 6.07. The first-order chi connectivity index (χ1) is 14.3. The average Bonchev–Trinajstić information content (AvgIpc) is 2.72. The van der Waals surface area contributed by atoms with Gasteiger partial charge in [0.25, 0.3) is 0 Å². The Kier molecular flexibility index (Phi) is 8.42. The lowest BCUT2D eigenvalue weighted by Gasteiger charge is -2.17. The van der Waals surface area contributed by atoms with Gasteiger partial charge in [0, 0.05) is 11.6 Å². The van der Waals surface area contributed by atoms with Gasteiger partial charge in [-0.25, -0.2) is 0 Å². The first-order valence-corrected chi connectivity index (χ1v) is 9.91. The minimum atomic E-state index is -0.285. The van der Waals surface area contributed by atoms with E-state index in [1.807, 2.05) is 32.9 Å². The van der Waals surface area contributed by atoms with Crippen LogP contribution in [0.1, 0.15) is 37.9 Å². The minimum absolute atomic E-state index is 0.0429. The second kappa shape index (κ2) is 10.8. The molecule has 0 saturated carbocycles. The molecule has 0 heterocycles. The summed E-state index contributed by atoms with van der Waals surface area (Å²) in [6.45, 7) is 5.69. The molecule has 2 rings (SSSR count). The number of ether oxygens (including phenoxy) is 4. The third-order valence-electron chi connectivity index (χ3n) is 4.29. The van der Waals surface area contributed by atoms with Gasteiger partial charge in [0.2, 0.25) is 5.91 Å². The Morgan fingerprint density at radius 2 is 1.70 bits per heavy atom. The Morgan fingerprint density at radius 1 is 1.00 bits per heavy atom. The zero-order valence-electron chi connectivity index (χ0n) is 18.1. The van der Waals surface area contributed by atoms with Crippen LogP contribution in [0.3, 0.4) is 0 Å². The van der Waals surface area contributed by atoms with Crippen LogP contribution < -0.4 is 24.3 Å². The van der Waals surface area contributed by atoms with Gasteiger partial charge in [-0.2, -0.15) is 0 Å². The lowest BCUT2D eigenvalue weighted by molar-refractivity contribution is -0.117. The maximum atomic E-state index is 12.4. The minimum Gasteiger partial charge on any atom is -0.497 e. The summed E-state index contributed by atoms with van der Waals surface area (Å²) in [5.74, 6) is 2.09. The maximum Gasteiger partial charge on any atom is 0.244 e. The van der Waals surface area contributed by atoms with Crippen molar-refractivity contribution < 1.29 is 23.7 Å². The van der Waals surface area contributed by atoms with E-state index in [1.165, 1.54) is 6.08 Å². The SMILES string of the molecule is COc1ccc(OC)c(C(C)NC(=O)/C=C/c2cc(Cl)c(OC(C)C)c(OC)c2)c1. The van der Waals surface area contributed by atoms with Crippen molar-refractivity contribution >= 4 is 23.6 Å². The molecule has 7 heteroatoms. The van der Waals surface area contributed by atoms with Crippen molar-refractivity contribution in [2.45, 2.75) is 32.9 Å². The molecule has 6 nitrogen and oxygen atoms in total. The van der Waals surface area contributed by atoms with Crippen molar-refractivity contribution in [3.8, 4) is 23.0 Å². The van der Waals surface area contributed by atoms with Crippen molar-refractivity contribution in [3.63, 3.8) is 0 Å². The van der Waals surface area contributed by atoms with Crippen molar-refractivity contribution in [1.29, 1.82) is 0 Å². The first-order valence-electron chi connectivity index (χ1n) is 9.53. The Bertz CT molecular complexity index is 911. The fourth-order valence-corrected chi connectivity index (χ4v) is 3.14. The molecule has 0 aliphatic rings. The zero-order chi connectivity index (χ0) is 22.3. The van der Waals surface area contributed by atoms with Crippen LogP contribution in [0.15, 0.2) is 36.4 Å². The van der Waals surface area contributed by atoms with Gasteiger partial charge < -0.3 is 24.3 Å². The molecule has 0 saturated heterocycles. The molecule has 0 radical (unpaired) electrons. The van der Waals surface area contributed by atoms with Gasteiger partial charge in [0.05, 0.1) is 38.5 Å². The Morgan fingerprint density at radius 3 is 2.30 bits per heavy atom. The van der Waals surface area contributed by atoms with E-state index >= 15 is 0 Å². The highest BCUT2D eigenvalue weighted by atomic mass is 35.5. The van der Waals surface area contributed by atoms with Gasteiger partial charge >= 0.3 is 0 Å². The summed E-state index contributed by atoms with van der Waals surface area (Å²) in [7, 11) is 4.72. The second-order valence-electron chi connectivity index (χ2n) is 6.87. The number of amides is 1. The molecule has 1 unspecified atom stereocenters. The van der Waals surface area contributed by atoms with Crippen LogP contribution in [0.4, 0.5) is 0 Å². The Balaban J connectivity index is 2.15. The molecule has 0 spiro atoms. The van der Waals surface area contributed by atoms with E-state index < -0.39 is 0 Å². The van der Waals surface area contributed by atoms with Crippen LogP contribution in [-0.2, 0) is 4.79 Å². The van der Waals surface area contributed by atoms with E-state index in [0.29, 0.717) is 28.0 Å². The number of carbonyl (C=O) groups excluding carboxylic acids is 1. The molecule has 1 N–H and O–H groups in total. The smallest absolute Gasteiger partial charge is 0.244 e. The largest absolute Gasteiger partial charge is 0.497 e. The monoisotopic (exact) mass is 433 g/mol. The lowest BCUT2D eigenvalue weighted by atomic mass is 10.1. The molecule has 2 aromatic carbocycles. The van der Waals surface area contributed by atoms with Crippen LogP contribution in [0.5, 0.6) is 23.0 Å². The number of hydrogen-bond acceptors (Lipinski definition) is 5. The molecule has 0 aromatic heterocycles. The number of benzene rings is 2. The van der Waals surface area contributed by atoms with Crippen LogP contribution in [0, 0.1) is 0 Å². The molecular weight excluding hydrogens is 406 g/mol. The number of carbonyl (C=O) groups is 1. The number of methoxy groups -OCH3 is 3. The number of halogens is 1. The number of rotatable bonds is 9. The topological polar surface area (TPSA) is 66.0 Å². The normalized spacial score (nSPS) is 12.0. The van der Waals surface area contributed by atoms with Crippen molar-refractivity contribution in [1.82, 2.24) is 5.32 Å². The molecule has 1 amide bonds. The molecular formula is C23H28ClNO5. The van der Waals surface area contributed by atoms with E-state index in [2.05, 4.69) is 5.32 Å². The van der Waals surface area contributed by atoms with Gasteiger partial charge in [0.15, 0.2) is 11.5 Å². The molecule has 162 valence electrons. The highest BCUT2D eigenvalue weighted by Gasteiger charge is 2.15. The van der Waals surface area contributed by atoms with E-state index in [-0.39, 0.29) is 18.1 Å². The van der Waals surface area contributed by atoms with Crippen molar-refractivity contribution in [2.24, 2.45) is 0 Å². The summed E-state index contributed by atoms with van der Waals surface area (Å²) in [5, 5.41) is 3.34. The van der Waals surface area contributed by atoms with E-state index in [4.69, 9.17) is 30.5 Å². The van der Waals surface area contributed by atoms with Gasteiger partial charge in [-0.15, -0.1) is 0 Å². The lowest BCUT2D eigenvalue weighted by Crippen LogP contribution is -2.25. The quantitative estimate of drug-likeness (QED) is 0.561. The van der Waals surface area contributed by atoms with Gasteiger partial charge in [0.1, 0.15) is 11.5 Å². The van der Waals surface area contributed by atoms with Crippen molar-refractivity contribution in [2.75, 3.05) is 21.3 Å². The van der Waals surface area contributed by atoms with Gasteiger partial charge in [-0.1, -0.05) is 11.6 Å². The fraction of sp³-hybridized carbons (Fsp3) is 0.348. The molecule has 30 heavy (non-hydrogen) atoms. The maximum absolute atomic E-state index is 12.4. The first kappa shape index (κ1) is 23.4. The summed E-state index contributed by atoms with van der Waals surface area (Å²) in [4.78, 5) is 12.4. The fourth-order valence-electron chi connectivity index (χ4n) is 2.88. The Hall–Kier alpha value is -2.86. The second-order valence-corrected chi connectivity index (χ2v) is 7.28. The van der Waals surface area contributed by atoms with Crippen LogP contribution >= 0.6 is 11.6 Å². The van der Waals surface area contributed by atoms with E-state index in [9.17, 15) is 4.79 Å². The van der Waals surface area contributed by atoms with Gasteiger partial charge in [-0.3, -0.25) is 4.79 Å². The number of nitrogens with one attached hydrogen (secondary N) is 1. The standard InChI is InChI=1S/C23H28ClNO5/c1-14(2)30-23-19(24)11-16(12-21(23)29-6)7-10-22(26)25-15(3)18-13-17(27-4)8-9-20(18)28-5/h7-15H,1-6H3,(H,25,26)/b10-7+. The predicted molar refractivity (Wildman–Crippen MR) is 119 cm³/mol. The summed E-state index contributed by atoms with van der Waals surface area (Å²) in [6, 6.07) is 8.66. The highest BCUT2D eigenvalue weighted by molar-refractivity contribution is 6.32. The molecule has 0 aliphatic carbocycles. The summed E-state index contributed by atoms with van der Waals surface area (Å²) < 4.78 is 21.7. The van der Waals surface area contributed by atoms with Crippen LogP contribution in [0.2, 0.25) is 5.02 Å². The van der Waals surface area contributed by atoms with E-state index in [1.54, 1.807) is 45.6 Å². The molecule has 0 bridgehead atoms. The number of hydrogen-bond donors (Lipinski definition) is 1. The molecule has 0 fully saturated rings. The van der Waals surface area contributed by atoms with Crippen molar-refractivity contribution in [3.05, 3.63) is 52.6 Å². The Labute approximate surface area is 182 Å². The summed E-state index contributed by atoms with van der Waals surface area (Å²) in [5.41, 5.74) is 1.54. The average molecular weight is 434 g/mol. The highest BCUT2D eigenvalue weighted by Crippen LogP contribution is 2.37. The summed E-state index contributed by atoms with van der Waals surface area (Å²) >= 11 is 6.33. The molecule has 2 aromatic rings. The predicted octanol–water partition coefficient (Wildman–Crippen LogP) is 5.04. The molecule has 1 atom stereocenters. The van der Waals surface area contributed by atoms with Crippen LogP contribution in [-0.4, -0.2) is 33.3 Å². The van der Waals surface area contributed by atoms with Crippen LogP contribution in [0.25, 0.3) is 6.08 Å².